The molecule has 0 saturated carbocycles. The van der Waals surface area contributed by atoms with Gasteiger partial charge in [-0.2, -0.15) is 0 Å². The Morgan fingerprint density at radius 1 is 1.05 bits per heavy atom. The predicted octanol–water partition coefficient (Wildman–Crippen LogP) is 2.74. The van der Waals surface area contributed by atoms with Gasteiger partial charge in [0, 0.05) is 11.3 Å². The number of hydrogen-bond donors (Lipinski definition) is 2. The molecule has 7 heteroatoms. The second-order valence-corrected chi connectivity index (χ2v) is 4.65. The van der Waals surface area contributed by atoms with E-state index in [0.29, 0.717) is 11.3 Å². The first kappa shape index (κ1) is 14.3. The van der Waals surface area contributed by atoms with Gasteiger partial charge in [0.1, 0.15) is 10.8 Å². The van der Waals surface area contributed by atoms with Crippen LogP contribution in [0.4, 0.5) is 5.69 Å². The monoisotopic (exact) mass is 309 g/mol. The van der Waals surface area contributed by atoms with Crippen LogP contribution < -0.4 is 11.1 Å². The van der Waals surface area contributed by atoms with Crippen LogP contribution in [-0.4, -0.2) is 16.8 Å². The molecule has 1 aromatic heterocycles. The largest absolute Gasteiger partial charge is 0.366 e. The van der Waals surface area contributed by atoms with Gasteiger partial charge in [-0.05, 0) is 36.4 Å². The lowest BCUT2D eigenvalue weighted by Crippen LogP contribution is -2.15. The van der Waals surface area contributed by atoms with Crippen LogP contribution in [0.5, 0.6) is 0 Å². The maximum atomic E-state index is 12.0. The van der Waals surface area contributed by atoms with E-state index in [1.165, 1.54) is 24.3 Å². The smallest absolute Gasteiger partial charge is 0.275 e. The van der Waals surface area contributed by atoms with Crippen molar-refractivity contribution in [3.63, 3.8) is 0 Å². The molecule has 0 aliphatic carbocycles. The Bertz CT molecular complexity index is 672. The van der Waals surface area contributed by atoms with E-state index in [2.05, 4.69) is 10.3 Å². The quantitative estimate of drug-likeness (QED) is 0.855. The highest BCUT2D eigenvalue weighted by molar-refractivity contribution is 6.35. The summed E-state index contributed by atoms with van der Waals surface area (Å²) in [4.78, 5) is 26.8. The highest BCUT2D eigenvalue weighted by Gasteiger charge is 2.13. The second kappa shape index (κ2) is 5.90. The fourth-order valence-corrected chi connectivity index (χ4v) is 1.82. The van der Waals surface area contributed by atoms with Crippen molar-refractivity contribution in [2.24, 2.45) is 5.73 Å². The van der Waals surface area contributed by atoms with E-state index >= 15 is 0 Å². The van der Waals surface area contributed by atoms with Gasteiger partial charge in [-0.3, -0.25) is 9.59 Å². The van der Waals surface area contributed by atoms with Crippen molar-refractivity contribution < 1.29 is 9.59 Å². The Hall–Kier alpha value is -2.11. The first-order valence-electron chi connectivity index (χ1n) is 5.50. The van der Waals surface area contributed by atoms with Crippen LogP contribution in [-0.2, 0) is 0 Å². The van der Waals surface area contributed by atoms with E-state index in [0.717, 1.165) is 0 Å². The van der Waals surface area contributed by atoms with E-state index in [-0.39, 0.29) is 15.9 Å². The van der Waals surface area contributed by atoms with Gasteiger partial charge in [-0.25, -0.2) is 4.98 Å². The first-order valence-corrected chi connectivity index (χ1v) is 6.26. The highest BCUT2D eigenvalue weighted by Crippen LogP contribution is 2.18. The van der Waals surface area contributed by atoms with Crippen molar-refractivity contribution >= 4 is 40.7 Å². The molecule has 102 valence electrons. The standard InChI is InChI=1S/C13H9Cl2N3O2/c14-9-5-6-10(15)18-11(9)13(20)17-8-3-1-7(2-4-8)12(16)19/h1-6H,(H2,16,19)(H,17,20). The third-order valence-corrected chi connectivity index (χ3v) is 2.97. The van der Waals surface area contributed by atoms with Gasteiger partial charge in [0.05, 0.1) is 5.02 Å². The molecule has 0 aliphatic heterocycles. The molecule has 0 spiro atoms. The number of halogens is 2. The van der Waals surface area contributed by atoms with Crippen LogP contribution in [0.3, 0.4) is 0 Å². The number of nitrogens with two attached hydrogens (primary N) is 1. The zero-order valence-electron chi connectivity index (χ0n) is 10.1. The van der Waals surface area contributed by atoms with Crippen molar-refractivity contribution in [2.45, 2.75) is 0 Å². The molecule has 0 saturated heterocycles. The predicted molar refractivity (Wildman–Crippen MR) is 77.2 cm³/mol. The molecule has 0 fully saturated rings. The number of nitrogens with zero attached hydrogens (tertiary/aromatic N) is 1. The summed E-state index contributed by atoms with van der Waals surface area (Å²) >= 11 is 11.6. The zero-order valence-corrected chi connectivity index (χ0v) is 11.6. The lowest BCUT2D eigenvalue weighted by atomic mass is 10.2. The highest BCUT2D eigenvalue weighted by atomic mass is 35.5. The number of aromatic nitrogens is 1. The number of anilines is 1. The lowest BCUT2D eigenvalue weighted by Gasteiger charge is -2.06. The topological polar surface area (TPSA) is 85.1 Å². The van der Waals surface area contributed by atoms with Crippen LogP contribution >= 0.6 is 23.2 Å². The zero-order chi connectivity index (χ0) is 14.7. The summed E-state index contributed by atoms with van der Waals surface area (Å²) in [5.74, 6) is -1.04. The summed E-state index contributed by atoms with van der Waals surface area (Å²) in [5.41, 5.74) is 5.98. The van der Waals surface area contributed by atoms with Gasteiger partial charge < -0.3 is 11.1 Å². The van der Waals surface area contributed by atoms with E-state index in [1.54, 1.807) is 12.1 Å². The van der Waals surface area contributed by atoms with Crippen LogP contribution in [0.15, 0.2) is 36.4 Å². The number of amides is 2. The van der Waals surface area contributed by atoms with Crippen molar-refractivity contribution in [2.75, 3.05) is 5.32 Å². The van der Waals surface area contributed by atoms with Gasteiger partial charge in [0.2, 0.25) is 5.91 Å². The van der Waals surface area contributed by atoms with Gasteiger partial charge in [0.15, 0.2) is 0 Å². The molecule has 5 nitrogen and oxygen atoms in total. The number of primary amides is 1. The Morgan fingerprint density at radius 3 is 2.30 bits per heavy atom. The molecule has 0 aliphatic rings. The molecule has 2 rings (SSSR count). The van der Waals surface area contributed by atoms with Crippen molar-refractivity contribution in [3.05, 3.63) is 57.8 Å². The summed E-state index contributed by atoms with van der Waals surface area (Å²) in [6.45, 7) is 0. The molecule has 2 amide bonds. The van der Waals surface area contributed by atoms with E-state index < -0.39 is 11.8 Å². The number of nitrogens with one attached hydrogen (secondary N) is 1. The molecule has 1 aromatic carbocycles. The summed E-state index contributed by atoms with van der Waals surface area (Å²) in [6.07, 6.45) is 0. The molecule has 0 unspecified atom stereocenters. The summed E-state index contributed by atoms with van der Waals surface area (Å²) in [7, 11) is 0. The summed E-state index contributed by atoms with van der Waals surface area (Å²) in [6, 6.07) is 9.09. The SMILES string of the molecule is NC(=O)c1ccc(NC(=O)c2nc(Cl)ccc2Cl)cc1. The molecular weight excluding hydrogens is 301 g/mol. The fourth-order valence-electron chi connectivity index (χ4n) is 1.49. The van der Waals surface area contributed by atoms with Gasteiger partial charge in [-0.15, -0.1) is 0 Å². The van der Waals surface area contributed by atoms with E-state index in [1.807, 2.05) is 0 Å². The maximum Gasteiger partial charge on any atom is 0.275 e. The Kier molecular flexibility index (Phi) is 4.22. The summed E-state index contributed by atoms with van der Waals surface area (Å²) < 4.78 is 0. The van der Waals surface area contributed by atoms with Gasteiger partial charge >= 0.3 is 0 Å². The molecule has 1 heterocycles. The van der Waals surface area contributed by atoms with Crippen LogP contribution in [0, 0.1) is 0 Å². The number of pyridine rings is 1. The minimum absolute atomic E-state index is 0.0261. The van der Waals surface area contributed by atoms with Crippen LogP contribution in [0.1, 0.15) is 20.8 Å². The van der Waals surface area contributed by atoms with Crippen molar-refractivity contribution in [1.29, 1.82) is 0 Å². The molecule has 3 N–H and O–H groups in total. The lowest BCUT2D eigenvalue weighted by molar-refractivity contribution is 0.0998. The first-order chi connectivity index (χ1) is 9.47. The van der Waals surface area contributed by atoms with E-state index in [4.69, 9.17) is 28.9 Å². The van der Waals surface area contributed by atoms with E-state index in [9.17, 15) is 9.59 Å². The minimum Gasteiger partial charge on any atom is -0.366 e. The third-order valence-electron chi connectivity index (χ3n) is 2.45. The average Bonchev–Trinajstić information content (AvgIpc) is 2.42. The molecular formula is C13H9Cl2N3O2. The number of benzene rings is 1. The molecule has 0 radical (unpaired) electrons. The van der Waals surface area contributed by atoms with Crippen LogP contribution in [0.2, 0.25) is 10.2 Å². The average molecular weight is 310 g/mol. The molecule has 20 heavy (non-hydrogen) atoms. The third kappa shape index (κ3) is 3.26. The molecule has 0 bridgehead atoms. The number of rotatable bonds is 3. The maximum absolute atomic E-state index is 12.0. The van der Waals surface area contributed by atoms with Crippen LogP contribution in [0.25, 0.3) is 0 Å². The second-order valence-electron chi connectivity index (χ2n) is 3.86. The summed E-state index contributed by atoms with van der Waals surface area (Å²) in [5, 5.41) is 2.96. The number of carbonyl (C=O) groups excluding carboxylic acids is 2. The number of hydrogen-bond acceptors (Lipinski definition) is 3. The normalized spacial score (nSPS) is 10.1. The molecule has 0 atom stereocenters. The Labute approximate surface area is 124 Å². The van der Waals surface area contributed by atoms with Crippen molar-refractivity contribution in [3.8, 4) is 0 Å². The molecule has 2 aromatic rings. The Balaban J connectivity index is 2.19. The minimum atomic E-state index is -0.539. The Morgan fingerprint density at radius 2 is 1.70 bits per heavy atom. The van der Waals surface area contributed by atoms with Crippen molar-refractivity contribution in [1.82, 2.24) is 4.98 Å². The van der Waals surface area contributed by atoms with Gasteiger partial charge in [-0.1, -0.05) is 23.2 Å². The number of carbonyl (C=O) groups is 2. The fraction of sp³-hybridized carbons (Fsp3) is 0. The van der Waals surface area contributed by atoms with Gasteiger partial charge in [0.25, 0.3) is 5.91 Å².